The van der Waals surface area contributed by atoms with Gasteiger partial charge in [-0.2, -0.15) is 0 Å². The summed E-state index contributed by atoms with van der Waals surface area (Å²) < 4.78 is 5.70. The Kier molecular flexibility index (Phi) is 6.22. The minimum absolute atomic E-state index is 0.386. The fourth-order valence-electron chi connectivity index (χ4n) is 2.30. The predicted octanol–water partition coefficient (Wildman–Crippen LogP) is 2.60. The van der Waals surface area contributed by atoms with Gasteiger partial charge in [-0.1, -0.05) is 12.1 Å². The van der Waals surface area contributed by atoms with Crippen LogP contribution in [0.5, 0.6) is 5.75 Å². The SMILES string of the molecule is Cc1cccc(O[C@H](C)C(=O)NNC(=O)c2ccc(N(C)C)cc2)c1C. The highest BCUT2D eigenvalue weighted by Gasteiger charge is 2.17. The number of nitrogens with one attached hydrogen (secondary N) is 2. The summed E-state index contributed by atoms with van der Waals surface area (Å²) in [6, 6.07) is 12.7. The van der Waals surface area contributed by atoms with Gasteiger partial charge in [0.05, 0.1) is 0 Å². The monoisotopic (exact) mass is 355 g/mol. The van der Waals surface area contributed by atoms with Crippen molar-refractivity contribution in [2.75, 3.05) is 19.0 Å². The predicted molar refractivity (Wildman–Crippen MR) is 102 cm³/mol. The average molecular weight is 355 g/mol. The Hall–Kier alpha value is -3.02. The summed E-state index contributed by atoms with van der Waals surface area (Å²) in [7, 11) is 3.85. The maximum atomic E-state index is 12.2. The molecule has 0 saturated carbocycles. The second kappa shape index (κ2) is 8.38. The van der Waals surface area contributed by atoms with Crippen LogP contribution in [0.1, 0.15) is 28.4 Å². The largest absolute Gasteiger partial charge is 0.481 e. The average Bonchev–Trinajstić information content (AvgIpc) is 2.63. The normalized spacial score (nSPS) is 11.4. The molecule has 0 aromatic heterocycles. The van der Waals surface area contributed by atoms with Crippen LogP contribution in [0.4, 0.5) is 5.69 Å². The molecule has 1 atom stereocenters. The number of aryl methyl sites for hydroxylation is 1. The summed E-state index contributed by atoms with van der Waals surface area (Å²) in [6.07, 6.45) is -0.744. The maximum absolute atomic E-state index is 12.2. The third kappa shape index (κ3) is 4.75. The summed E-state index contributed by atoms with van der Waals surface area (Å²) in [5.41, 5.74) is 8.32. The molecule has 0 bridgehead atoms. The number of hydrogen-bond acceptors (Lipinski definition) is 4. The molecule has 0 aliphatic heterocycles. The van der Waals surface area contributed by atoms with E-state index in [1.54, 1.807) is 19.1 Å². The number of amides is 2. The Labute approximate surface area is 154 Å². The molecule has 0 fully saturated rings. The summed E-state index contributed by atoms with van der Waals surface area (Å²) >= 11 is 0. The topological polar surface area (TPSA) is 70.7 Å². The first kappa shape index (κ1) is 19.3. The van der Waals surface area contributed by atoms with E-state index in [-0.39, 0.29) is 5.91 Å². The van der Waals surface area contributed by atoms with E-state index in [0.29, 0.717) is 11.3 Å². The number of ether oxygens (including phenoxy) is 1. The number of carbonyl (C=O) groups is 2. The zero-order valence-electron chi connectivity index (χ0n) is 15.8. The van der Waals surface area contributed by atoms with E-state index >= 15 is 0 Å². The highest BCUT2D eigenvalue weighted by atomic mass is 16.5. The van der Waals surface area contributed by atoms with Gasteiger partial charge >= 0.3 is 0 Å². The van der Waals surface area contributed by atoms with Crippen molar-refractivity contribution in [3.8, 4) is 5.75 Å². The maximum Gasteiger partial charge on any atom is 0.279 e. The van der Waals surface area contributed by atoms with Crippen LogP contribution in [0.3, 0.4) is 0 Å². The van der Waals surface area contributed by atoms with Gasteiger partial charge < -0.3 is 9.64 Å². The van der Waals surface area contributed by atoms with Gasteiger partial charge in [0.15, 0.2) is 6.10 Å². The Balaban J connectivity index is 1.90. The number of rotatable bonds is 5. The lowest BCUT2D eigenvalue weighted by atomic mass is 10.1. The first-order chi connectivity index (χ1) is 12.3. The lowest BCUT2D eigenvalue weighted by Gasteiger charge is -2.17. The van der Waals surface area contributed by atoms with Crippen LogP contribution in [0, 0.1) is 13.8 Å². The van der Waals surface area contributed by atoms with Crippen molar-refractivity contribution >= 4 is 17.5 Å². The smallest absolute Gasteiger partial charge is 0.279 e. The third-order valence-corrected chi connectivity index (χ3v) is 4.17. The summed E-state index contributed by atoms with van der Waals surface area (Å²) in [6.45, 7) is 5.55. The van der Waals surface area contributed by atoms with Gasteiger partial charge in [-0.05, 0) is 62.2 Å². The van der Waals surface area contributed by atoms with Crippen molar-refractivity contribution in [2.45, 2.75) is 26.9 Å². The number of nitrogens with zero attached hydrogens (tertiary/aromatic N) is 1. The lowest BCUT2D eigenvalue weighted by Crippen LogP contribution is -2.47. The molecule has 2 amide bonds. The second-order valence-electron chi connectivity index (χ2n) is 6.34. The van der Waals surface area contributed by atoms with Crippen molar-refractivity contribution in [1.82, 2.24) is 10.9 Å². The number of anilines is 1. The zero-order valence-corrected chi connectivity index (χ0v) is 15.8. The molecule has 6 nitrogen and oxygen atoms in total. The molecule has 138 valence electrons. The fourth-order valence-corrected chi connectivity index (χ4v) is 2.30. The van der Waals surface area contributed by atoms with Gasteiger partial charge in [-0.15, -0.1) is 0 Å². The first-order valence-corrected chi connectivity index (χ1v) is 8.40. The van der Waals surface area contributed by atoms with Crippen LogP contribution >= 0.6 is 0 Å². The number of hydrogen-bond donors (Lipinski definition) is 2. The zero-order chi connectivity index (χ0) is 19.3. The van der Waals surface area contributed by atoms with Gasteiger partial charge in [0, 0.05) is 25.3 Å². The van der Waals surface area contributed by atoms with Crippen LogP contribution in [-0.4, -0.2) is 32.0 Å². The van der Waals surface area contributed by atoms with Gasteiger partial charge in [-0.3, -0.25) is 20.4 Å². The van der Waals surface area contributed by atoms with E-state index < -0.39 is 12.0 Å². The number of hydrazine groups is 1. The van der Waals surface area contributed by atoms with Gasteiger partial charge in [0.1, 0.15) is 5.75 Å². The molecule has 0 heterocycles. The minimum atomic E-state index is -0.744. The van der Waals surface area contributed by atoms with Crippen molar-refractivity contribution in [3.63, 3.8) is 0 Å². The summed E-state index contributed by atoms with van der Waals surface area (Å²) in [5, 5.41) is 0. The minimum Gasteiger partial charge on any atom is -0.481 e. The van der Waals surface area contributed by atoms with Crippen molar-refractivity contribution in [1.29, 1.82) is 0 Å². The van der Waals surface area contributed by atoms with E-state index in [9.17, 15) is 9.59 Å². The molecule has 0 aliphatic rings. The van der Waals surface area contributed by atoms with Crippen LogP contribution in [-0.2, 0) is 4.79 Å². The quantitative estimate of drug-likeness (QED) is 0.809. The van der Waals surface area contributed by atoms with Crippen LogP contribution in [0.15, 0.2) is 42.5 Å². The third-order valence-electron chi connectivity index (χ3n) is 4.17. The molecule has 2 aromatic carbocycles. The molecule has 2 rings (SSSR count). The second-order valence-corrected chi connectivity index (χ2v) is 6.34. The molecule has 2 N–H and O–H groups in total. The first-order valence-electron chi connectivity index (χ1n) is 8.40. The Morgan fingerprint density at radius 2 is 1.65 bits per heavy atom. The van der Waals surface area contributed by atoms with E-state index in [4.69, 9.17) is 4.74 Å². The fraction of sp³-hybridized carbons (Fsp3) is 0.300. The Morgan fingerprint density at radius 3 is 2.27 bits per heavy atom. The highest BCUT2D eigenvalue weighted by Crippen LogP contribution is 2.21. The molecule has 26 heavy (non-hydrogen) atoms. The Morgan fingerprint density at radius 1 is 1.00 bits per heavy atom. The van der Waals surface area contributed by atoms with Gasteiger partial charge in [0.25, 0.3) is 11.8 Å². The van der Waals surface area contributed by atoms with Crippen LogP contribution in [0.25, 0.3) is 0 Å². The molecule has 0 unspecified atom stereocenters. The molecule has 0 saturated heterocycles. The van der Waals surface area contributed by atoms with Crippen molar-refractivity contribution in [3.05, 3.63) is 59.2 Å². The van der Waals surface area contributed by atoms with Gasteiger partial charge in [-0.25, -0.2) is 0 Å². The van der Waals surface area contributed by atoms with Gasteiger partial charge in [0.2, 0.25) is 0 Å². The number of carbonyl (C=O) groups excluding carboxylic acids is 2. The molecule has 2 aromatic rings. The van der Waals surface area contributed by atoms with E-state index in [1.807, 2.05) is 63.2 Å². The molecule has 0 radical (unpaired) electrons. The van der Waals surface area contributed by atoms with Crippen molar-refractivity contribution < 1.29 is 14.3 Å². The standard InChI is InChI=1S/C20H25N3O3/c1-13-7-6-8-18(14(13)2)26-15(3)19(24)21-22-20(25)16-9-11-17(12-10-16)23(4)5/h6-12,15H,1-5H3,(H,21,24)(H,22,25)/t15-/m1/s1. The molecule has 0 spiro atoms. The highest BCUT2D eigenvalue weighted by molar-refractivity contribution is 5.96. The van der Waals surface area contributed by atoms with Crippen LogP contribution < -0.4 is 20.5 Å². The van der Waals surface area contributed by atoms with Crippen LogP contribution in [0.2, 0.25) is 0 Å². The molecule has 6 heteroatoms. The lowest BCUT2D eigenvalue weighted by molar-refractivity contribution is -0.128. The molecule has 0 aliphatic carbocycles. The molecular formula is C20H25N3O3. The summed E-state index contributed by atoms with van der Waals surface area (Å²) in [4.78, 5) is 26.2. The number of benzene rings is 2. The Bertz CT molecular complexity index is 785. The van der Waals surface area contributed by atoms with E-state index in [2.05, 4.69) is 10.9 Å². The van der Waals surface area contributed by atoms with Crippen molar-refractivity contribution in [2.24, 2.45) is 0 Å². The van der Waals surface area contributed by atoms with E-state index in [1.165, 1.54) is 0 Å². The van der Waals surface area contributed by atoms with E-state index in [0.717, 1.165) is 16.8 Å². The summed E-state index contributed by atoms with van der Waals surface area (Å²) in [5.74, 6) is -0.162. The molecular weight excluding hydrogens is 330 g/mol.